The Hall–Kier alpha value is -1.33. The SMILES string of the molecule is COc1ccc(Br)cc1CNCCc1ccn(C)n1. The number of benzene rings is 1. The Morgan fingerprint density at radius 2 is 2.21 bits per heavy atom. The monoisotopic (exact) mass is 323 g/mol. The van der Waals surface area contributed by atoms with Gasteiger partial charge in [0.15, 0.2) is 0 Å². The molecule has 0 bridgehead atoms. The Kier molecular flexibility index (Phi) is 4.99. The quantitative estimate of drug-likeness (QED) is 0.830. The molecule has 0 aliphatic rings. The minimum absolute atomic E-state index is 0.787. The van der Waals surface area contributed by atoms with Crippen LogP contribution >= 0.6 is 15.9 Å². The summed E-state index contributed by atoms with van der Waals surface area (Å²) in [6.07, 6.45) is 2.89. The molecule has 0 fully saturated rings. The summed E-state index contributed by atoms with van der Waals surface area (Å²) in [5.41, 5.74) is 2.26. The van der Waals surface area contributed by atoms with Crippen LogP contribution in [0.15, 0.2) is 34.9 Å². The van der Waals surface area contributed by atoms with Gasteiger partial charge in [-0.3, -0.25) is 4.68 Å². The summed E-state index contributed by atoms with van der Waals surface area (Å²) < 4.78 is 8.23. The van der Waals surface area contributed by atoms with Crippen molar-refractivity contribution < 1.29 is 4.74 Å². The van der Waals surface area contributed by atoms with Gasteiger partial charge in [0.1, 0.15) is 5.75 Å². The van der Waals surface area contributed by atoms with Crippen LogP contribution < -0.4 is 10.1 Å². The van der Waals surface area contributed by atoms with E-state index in [0.29, 0.717) is 0 Å². The maximum Gasteiger partial charge on any atom is 0.123 e. The van der Waals surface area contributed by atoms with Crippen LogP contribution in [0.4, 0.5) is 0 Å². The second-order valence-electron chi connectivity index (χ2n) is 4.36. The van der Waals surface area contributed by atoms with Crippen molar-refractivity contribution in [3.63, 3.8) is 0 Å². The van der Waals surface area contributed by atoms with E-state index >= 15 is 0 Å². The van der Waals surface area contributed by atoms with Gasteiger partial charge in [-0.1, -0.05) is 15.9 Å². The van der Waals surface area contributed by atoms with E-state index in [1.165, 1.54) is 0 Å². The normalized spacial score (nSPS) is 10.7. The second-order valence-corrected chi connectivity index (χ2v) is 5.28. The highest BCUT2D eigenvalue weighted by Crippen LogP contribution is 2.22. The zero-order valence-electron chi connectivity index (χ0n) is 11.2. The number of hydrogen-bond donors (Lipinski definition) is 1. The number of halogens is 1. The third-order valence-electron chi connectivity index (χ3n) is 2.88. The summed E-state index contributed by atoms with van der Waals surface area (Å²) >= 11 is 3.48. The molecule has 0 radical (unpaired) electrons. The van der Waals surface area contributed by atoms with Gasteiger partial charge in [-0.2, -0.15) is 5.10 Å². The lowest BCUT2D eigenvalue weighted by atomic mass is 10.2. The van der Waals surface area contributed by atoms with Crippen molar-refractivity contribution in [1.29, 1.82) is 0 Å². The van der Waals surface area contributed by atoms with Crippen molar-refractivity contribution in [2.45, 2.75) is 13.0 Å². The average molecular weight is 324 g/mol. The fourth-order valence-electron chi connectivity index (χ4n) is 1.92. The van der Waals surface area contributed by atoms with Crippen molar-refractivity contribution in [3.05, 3.63) is 46.2 Å². The highest BCUT2D eigenvalue weighted by molar-refractivity contribution is 9.10. The zero-order valence-corrected chi connectivity index (χ0v) is 12.8. The predicted molar refractivity (Wildman–Crippen MR) is 79.3 cm³/mol. The van der Waals surface area contributed by atoms with Gasteiger partial charge >= 0.3 is 0 Å². The summed E-state index contributed by atoms with van der Waals surface area (Å²) in [6, 6.07) is 8.07. The van der Waals surface area contributed by atoms with Crippen LogP contribution in [-0.4, -0.2) is 23.4 Å². The zero-order chi connectivity index (χ0) is 13.7. The van der Waals surface area contributed by atoms with Gasteiger partial charge < -0.3 is 10.1 Å². The second kappa shape index (κ2) is 6.73. The number of methoxy groups -OCH3 is 1. The lowest BCUT2D eigenvalue weighted by Gasteiger charge is -2.09. The average Bonchev–Trinajstić information content (AvgIpc) is 2.81. The number of hydrogen-bond acceptors (Lipinski definition) is 3. The van der Waals surface area contributed by atoms with Crippen LogP contribution in [0.5, 0.6) is 5.75 Å². The van der Waals surface area contributed by atoms with Gasteiger partial charge in [0, 0.05) is 42.8 Å². The maximum atomic E-state index is 5.34. The number of nitrogens with zero attached hydrogens (tertiary/aromatic N) is 2. The van der Waals surface area contributed by atoms with E-state index < -0.39 is 0 Å². The van der Waals surface area contributed by atoms with Crippen molar-refractivity contribution in [3.8, 4) is 5.75 Å². The minimum atomic E-state index is 0.787. The molecular weight excluding hydrogens is 306 g/mol. The Morgan fingerprint density at radius 3 is 2.89 bits per heavy atom. The van der Waals surface area contributed by atoms with Gasteiger partial charge in [-0.15, -0.1) is 0 Å². The third-order valence-corrected chi connectivity index (χ3v) is 3.38. The topological polar surface area (TPSA) is 39.1 Å². The lowest BCUT2D eigenvalue weighted by molar-refractivity contribution is 0.407. The standard InChI is InChI=1S/C14H18BrN3O/c1-18-8-6-13(17-18)5-7-16-10-11-9-12(15)3-4-14(11)19-2/h3-4,6,8-9,16H,5,7,10H2,1-2H3. The van der Waals surface area contributed by atoms with Crippen molar-refractivity contribution in [2.24, 2.45) is 7.05 Å². The first-order valence-corrected chi connectivity index (χ1v) is 7.00. The molecule has 102 valence electrons. The van der Waals surface area contributed by atoms with Crippen molar-refractivity contribution in [1.82, 2.24) is 15.1 Å². The molecule has 0 aliphatic heterocycles. The van der Waals surface area contributed by atoms with Gasteiger partial charge in [-0.05, 0) is 24.3 Å². The van der Waals surface area contributed by atoms with Crippen LogP contribution in [0, 0.1) is 0 Å². The largest absolute Gasteiger partial charge is 0.496 e. The molecule has 1 aromatic carbocycles. The van der Waals surface area contributed by atoms with Gasteiger partial charge in [0.05, 0.1) is 12.8 Å². The minimum Gasteiger partial charge on any atom is -0.496 e. The summed E-state index contributed by atoms with van der Waals surface area (Å²) in [6.45, 7) is 1.68. The number of rotatable bonds is 6. The van der Waals surface area contributed by atoms with Crippen molar-refractivity contribution >= 4 is 15.9 Å². The third kappa shape index (κ3) is 4.08. The van der Waals surface area contributed by atoms with E-state index in [1.807, 2.05) is 36.1 Å². The number of aryl methyl sites for hydroxylation is 1. The fourth-order valence-corrected chi connectivity index (χ4v) is 2.33. The smallest absolute Gasteiger partial charge is 0.123 e. The summed E-state index contributed by atoms with van der Waals surface area (Å²) in [5.74, 6) is 0.911. The van der Waals surface area contributed by atoms with Crippen LogP contribution in [0.3, 0.4) is 0 Å². The summed E-state index contributed by atoms with van der Waals surface area (Å²) in [7, 11) is 3.63. The van der Waals surface area contributed by atoms with Crippen molar-refractivity contribution in [2.75, 3.05) is 13.7 Å². The highest BCUT2D eigenvalue weighted by Gasteiger charge is 2.03. The van der Waals surface area contributed by atoms with E-state index in [2.05, 4.69) is 32.4 Å². The van der Waals surface area contributed by atoms with E-state index in [9.17, 15) is 0 Å². The van der Waals surface area contributed by atoms with Crippen LogP contribution in [0.2, 0.25) is 0 Å². The van der Waals surface area contributed by atoms with E-state index in [0.717, 1.165) is 41.0 Å². The fraction of sp³-hybridized carbons (Fsp3) is 0.357. The molecule has 2 rings (SSSR count). The Labute approximate surface area is 121 Å². The molecule has 1 aromatic heterocycles. The van der Waals surface area contributed by atoms with Gasteiger partial charge in [0.25, 0.3) is 0 Å². The molecule has 1 N–H and O–H groups in total. The van der Waals surface area contributed by atoms with Crippen LogP contribution in [0.1, 0.15) is 11.3 Å². The Bertz CT molecular complexity index is 539. The maximum absolute atomic E-state index is 5.34. The molecule has 0 spiro atoms. The Balaban J connectivity index is 1.83. The number of aromatic nitrogens is 2. The van der Waals surface area contributed by atoms with E-state index in [4.69, 9.17) is 4.74 Å². The number of ether oxygens (including phenoxy) is 1. The van der Waals surface area contributed by atoms with E-state index in [1.54, 1.807) is 7.11 Å². The first-order chi connectivity index (χ1) is 9.19. The first-order valence-electron chi connectivity index (χ1n) is 6.20. The first kappa shape index (κ1) is 14.1. The molecule has 2 aromatic rings. The Morgan fingerprint density at radius 1 is 1.37 bits per heavy atom. The molecule has 0 saturated carbocycles. The number of nitrogens with one attached hydrogen (secondary N) is 1. The molecular formula is C14H18BrN3O. The lowest BCUT2D eigenvalue weighted by Crippen LogP contribution is -2.17. The molecule has 0 saturated heterocycles. The summed E-state index contributed by atoms with van der Waals surface area (Å²) in [4.78, 5) is 0. The molecule has 1 heterocycles. The molecule has 4 nitrogen and oxygen atoms in total. The molecule has 5 heteroatoms. The van der Waals surface area contributed by atoms with Gasteiger partial charge in [-0.25, -0.2) is 0 Å². The molecule has 0 unspecified atom stereocenters. The van der Waals surface area contributed by atoms with E-state index in [-0.39, 0.29) is 0 Å². The highest BCUT2D eigenvalue weighted by atomic mass is 79.9. The van der Waals surface area contributed by atoms with Gasteiger partial charge in [0.2, 0.25) is 0 Å². The molecule has 19 heavy (non-hydrogen) atoms. The molecule has 0 atom stereocenters. The predicted octanol–water partition coefficient (Wildman–Crippen LogP) is 2.52. The summed E-state index contributed by atoms with van der Waals surface area (Å²) in [5, 5.41) is 7.76. The van der Waals surface area contributed by atoms with Crippen LogP contribution in [-0.2, 0) is 20.0 Å². The molecule has 0 amide bonds. The van der Waals surface area contributed by atoms with Crippen LogP contribution in [0.25, 0.3) is 0 Å². The molecule has 0 aliphatic carbocycles.